The molecule has 0 saturated heterocycles. The highest BCUT2D eigenvalue weighted by Gasteiger charge is 2.05. The van der Waals surface area contributed by atoms with Crippen LogP contribution in [0.25, 0.3) is 11.1 Å². The van der Waals surface area contributed by atoms with E-state index in [-0.39, 0.29) is 0 Å². The van der Waals surface area contributed by atoms with Crippen LogP contribution in [-0.2, 0) is 6.42 Å². The van der Waals surface area contributed by atoms with Crippen molar-refractivity contribution in [3.63, 3.8) is 0 Å². The molecule has 0 spiro atoms. The van der Waals surface area contributed by atoms with E-state index in [2.05, 4.69) is 72.8 Å². The monoisotopic (exact) mass is 288 g/mol. The Kier molecular flexibility index (Phi) is 4.55. The lowest BCUT2D eigenvalue weighted by molar-refractivity contribution is 0.340. The Labute approximate surface area is 132 Å². The molecule has 0 aromatic heterocycles. The molecule has 0 fully saturated rings. The summed E-state index contributed by atoms with van der Waals surface area (Å²) in [5, 5.41) is 0. The normalized spacial score (nSPS) is 10.4. The van der Waals surface area contributed by atoms with Gasteiger partial charge >= 0.3 is 0 Å². The van der Waals surface area contributed by atoms with Crippen LogP contribution in [0.5, 0.6) is 5.75 Å². The van der Waals surface area contributed by atoms with Gasteiger partial charge in [-0.25, -0.2) is 0 Å². The van der Waals surface area contributed by atoms with Crippen molar-refractivity contribution >= 4 is 0 Å². The molecule has 0 bridgehead atoms. The summed E-state index contributed by atoms with van der Waals surface area (Å²) in [6.07, 6.45) is 0.918. The zero-order valence-electron chi connectivity index (χ0n) is 12.8. The summed E-state index contributed by atoms with van der Waals surface area (Å²) in [6, 6.07) is 27.5. The van der Waals surface area contributed by atoms with Gasteiger partial charge in [0.15, 0.2) is 0 Å². The van der Waals surface area contributed by atoms with Gasteiger partial charge in [0.25, 0.3) is 0 Å². The van der Waals surface area contributed by atoms with E-state index in [4.69, 9.17) is 4.74 Å². The Hall–Kier alpha value is -2.54. The topological polar surface area (TPSA) is 9.23 Å². The second-order valence-corrected chi connectivity index (χ2v) is 5.33. The van der Waals surface area contributed by atoms with E-state index < -0.39 is 0 Å². The van der Waals surface area contributed by atoms with Crippen molar-refractivity contribution in [1.29, 1.82) is 0 Å². The maximum absolute atomic E-state index is 5.75. The van der Waals surface area contributed by atoms with Gasteiger partial charge in [0.05, 0.1) is 6.61 Å². The van der Waals surface area contributed by atoms with Crippen LogP contribution in [0, 0.1) is 0 Å². The van der Waals surface area contributed by atoms with Crippen LogP contribution >= 0.6 is 0 Å². The van der Waals surface area contributed by atoms with E-state index in [0.717, 1.165) is 12.2 Å². The number of hydrogen-bond donors (Lipinski definition) is 0. The summed E-state index contributed by atoms with van der Waals surface area (Å²) in [4.78, 5) is 0. The summed E-state index contributed by atoms with van der Waals surface area (Å²) in [6.45, 7) is 2.70. The van der Waals surface area contributed by atoms with Crippen LogP contribution in [0.3, 0.4) is 0 Å². The first-order valence-corrected chi connectivity index (χ1v) is 7.71. The molecule has 0 unspecified atom stereocenters. The fraction of sp³-hybridized carbons (Fsp3) is 0.143. The zero-order chi connectivity index (χ0) is 15.2. The maximum Gasteiger partial charge on any atom is 0.120 e. The number of hydrogen-bond acceptors (Lipinski definition) is 1. The van der Waals surface area contributed by atoms with Crippen LogP contribution in [0.2, 0.25) is 0 Å². The highest BCUT2D eigenvalue weighted by atomic mass is 16.5. The molecule has 0 N–H and O–H groups in total. The highest BCUT2D eigenvalue weighted by Crippen LogP contribution is 2.27. The Bertz CT molecular complexity index is 717. The molecule has 22 heavy (non-hydrogen) atoms. The molecule has 0 amide bonds. The van der Waals surface area contributed by atoms with Gasteiger partial charge in [0.1, 0.15) is 5.75 Å². The molecule has 0 heterocycles. The average molecular weight is 288 g/mol. The molecule has 3 aromatic rings. The Balaban J connectivity index is 1.97. The van der Waals surface area contributed by atoms with E-state index >= 15 is 0 Å². The molecule has 110 valence electrons. The standard InChI is InChI=1S/C21H20O/c1-2-22-21-15-18(13-17-9-5-3-6-10-17)14-20(16-21)19-11-7-4-8-12-19/h3-12,14-16H,2,13H2,1H3. The van der Waals surface area contributed by atoms with E-state index in [0.29, 0.717) is 6.61 Å². The second kappa shape index (κ2) is 6.95. The third-order valence-electron chi connectivity index (χ3n) is 3.64. The van der Waals surface area contributed by atoms with Gasteiger partial charge in [-0.15, -0.1) is 0 Å². The molecule has 0 radical (unpaired) electrons. The Morgan fingerprint density at radius 3 is 2.05 bits per heavy atom. The average Bonchev–Trinajstić information content (AvgIpc) is 2.57. The van der Waals surface area contributed by atoms with Gasteiger partial charge in [-0.3, -0.25) is 0 Å². The minimum Gasteiger partial charge on any atom is -0.494 e. The van der Waals surface area contributed by atoms with E-state index in [9.17, 15) is 0 Å². The van der Waals surface area contributed by atoms with Crippen molar-refractivity contribution in [2.45, 2.75) is 13.3 Å². The first-order chi connectivity index (χ1) is 10.8. The second-order valence-electron chi connectivity index (χ2n) is 5.33. The van der Waals surface area contributed by atoms with Gasteiger partial charge in [-0.1, -0.05) is 66.7 Å². The van der Waals surface area contributed by atoms with Gasteiger partial charge in [-0.05, 0) is 47.7 Å². The lowest BCUT2D eigenvalue weighted by Gasteiger charge is -2.11. The third kappa shape index (κ3) is 3.56. The Morgan fingerprint density at radius 1 is 0.682 bits per heavy atom. The van der Waals surface area contributed by atoms with Crippen LogP contribution in [-0.4, -0.2) is 6.61 Å². The quantitative estimate of drug-likeness (QED) is 0.615. The molecule has 3 rings (SSSR count). The van der Waals surface area contributed by atoms with Gasteiger partial charge in [-0.2, -0.15) is 0 Å². The maximum atomic E-state index is 5.75. The third-order valence-corrected chi connectivity index (χ3v) is 3.64. The van der Waals surface area contributed by atoms with Gasteiger partial charge in [0, 0.05) is 0 Å². The summed E-state index contributed by atoms with van der Waals surface area (Å²) in [7, 11) is 0. The molecule has 0 aliphatic rings. The lowest BCUT2D eigenvalue weighted by atomic mass is 9.98. The summed E-state index contributed by atoms with van der Waals surface area (Å²) in [5.41, 5.74) is 5.02. The molecular formula is C21H20O. The van der Waals surface area contributed by atoms with Crippen molar-refractivity contribution in [3.8, 4) is 16.9 Å². The molecular weight excluding hydrogens is 268 g/mol. The predicted octanol–water partition coefficient (Wildman–Crippen LogP) is 5.34. The van der Waals surface area contributed by atoms with Crippen molar-refractivity contribution in [2.75, 3.05) is 6.61 Å². The summed E-state index contributed by atoms with van der Waals surface area (Å²) < 4.78 is 5.75. The van der Waals surface area contributed by atoms with Crippen LogP contribution < -0.4 is 4.74 Å². The lowest BCUT2D eigenvalue weighted by Crippen LogP contribution is -1.95. The highest BCUT2D eigenvalue weighted by molar-refractivity contribution is 5.66. The van der Waals surface area contributed by atoms with Crippen molar-refractivity contribution < 1.29 is 4.74 Å². The SMILES string of the molecule is CCOc1cc(Cc2ccccc2)cc(-c2ccccc2)c1. The zero-order valence-corrected chi connectivity index (χ0v) is 12.8. The van der Waals surface area contributed by atoms with Crippen molar-refractivity contribution in [3.05, 3.63) is 90.0 Å². The van der Waals surface area contributed by atoms with Crippen molar-refractivity contribution in [1.82, 2.24) is 0 Å². The van der Waals surface area contributed by atoms with Crippen LogP contribution in [0.4, 0.5) is 0 Å². The van der Waals surface area contributed by atoms with E-state index in [1.165, 1.54) is 22.3 Å². The van der Waals surface area contributed by atoms with Crippen LogP contribution in [0.1, 0.15) is 18.1 Å². The van der Waals surface area contributed by atoms with Crippen molar-refractivity contribution in [2.24, 2.45) is 0 Å². The fourth-order valence-corrected chi connectivity index (χ4v) is 2.64. The first-order valence-electron chi connectivity index (χ1n) is 7.71. The summed E-state index contributed by atoms with van der Waals surface area (Å²) >= 11 is 0. The number of rotatable bonds is 5. The first kappa shape index (κ1) is 14.4. The summed E-state index contributed by atoms with van der Waals surface area (Å²) in [5.74, 6) is 0.940. The molecule has 0 aliphatic heterocycles. The molecule has 0 saturated carbocycles. The number of benzene rings is 3. The number of ether oxygens (including phenoxy) is 1. The largest absolute Gasteiger partial charge is 0.494 e. The fourth-order valence-electron chi connectivity index (χ4n) is 2.64. The molecule has 1 heteroatoms. The minimum absolute atomic E-state index is 0.684. The van der Waals surface area contributed by atoms with E-state index in [1.807, 2.05) is 13.0 Å². The minimum atomic E-state index is 0.684. The molecule has 0 aliphatic carbocycles. The molecule has 1 nitrogen and oxygen atoms in total. The Morgan fingerprint density at radius 2 is 1.36 bits per heavy atom. The smallest absolute Gasteiger partial charge is 0.120 e. The predicted molar refractivity (Wildman–Crippen MR) is 92.3 cm³/mol. The molecule has 3 aromatic carbocycles. The molecule has 0 atom stereocenters. The van der Waals surface area contributed by atoms with Crippen LogP contribution in [0.15, 0.2) is 78.9 Å². The van der Waals surface area contributed by atoms with Gasteiger partial charge in [0.2, 0.25) is 0 Å². The van der Waals surface area contributed by atoms with Gasteiger partial charge < -0.3 is 4.74 Å². The van der Waals surface area contributed by atoms with E-state index in [1.54, 1.807) is 0 Å².